The van der Waals surface area contributed by atoms with E-state index in [0.717, 1.165) is 17.5 Å². The number of hydrogen-bond acceptors (Lipinski definition) is 1. The first kappa shape index (κ1) is 13.3. The van der Waals surface area contributed by atoms with Crippen molar-refractivity contribution >= 4 is 34.2 Å². The van der Waals surface area contributed by atoms with E-state index in [9.17, 15) is 4.79 Å². The molecule has 0 saturated carbocycles. The van der Waals surface area contributed by atoms with Crippen molar-refractivity contribution in [3.63, 3.8) is 0 Å². The van der Waals surface area contributed by atoms with Crippen LogP contribution in [0.5, 0.6) is 0 Å². The molecular formula is C15H12Cl2N2O. The predicted octanol–water partition coefficient (Wildman–Crippen LogP) is 4.19. The number of benzene rings is 2. The molecule has 0 spiro atoms. The highest BCUT2D eigenvalue weighted by atomic mass is 35.5. The molecule has 1 N–H and O–H groups in total. The monoisotopic (exact) mass is 306 g/mol. The molecule has 0 fully saturated rings. The van der Waals surface area contributed by atoms with Gasteiger partial charge in [0.15, 0.2) is 0 Å². The molecule has 3 nitrogen and oxygen atoms in total. The summed E-state index contributed by atoms with van der Waals surface area (Å²) in [6, 6.07) is 11.1. The van der Waals surface area contributed by atoms with Gasteiger partial charge in [0.05, 0.1) is 26.8 Å². The highest BCUT2D eigenvalue weighted by Crippen LogP contribution is 2.25. The maximum atomic E-state index is 12.2. The van der Waals surface area contributed by atoms with Crippen molar-refractivity contribution in [2.45, 2.75) is 13.3 Å². The van der Waals surface area contributed by atoms with Gasteiger partial charge in [0.1, 0.15) is 0 Å². The number of aromatic amines is 1. The van der Waals surface area contributed by atoms with E-state index < -0.39 is 0 Å². The number of imidazole rings is 1. The molecule has 2 aromatic carbocycles. The average molecular weight is 307 g/mol. The predicted molar refractivity (Wildman–Crippen MR) is 83.3 cm³/mol. The molecule has 0 saturated heterocycles. The van der Waals surface area contributed by atoms with Crippen molar-refractivity contribution in [3.8, 4) is 5.69 Å². The van der Waals surface area contributed by atoms with Crippen molar-refractivity contribution in [2.24, 2.45) is 0 Å². The van der Waals surface area contributed by atoms with Crippen LogP contribution >= 0.6 is 23.2 Å². The van der Waals surface area contributed by atoms with E-state index in [-0.39, 0.29) is 5.69 Å². The van der Waals surface area contributed by atoms with Crippen LogP contribution in [0.25, 0.3) is 16.7 Å². The number of H-pyrrole nitrogens is 1. The largest absolute Gasteiger partial charge is 0.331 e. The zero-order chi connectivity index (χ0) is 14.3. The van der Waals surface area contributed by atoms with E-state index in [0.29, 0.717) is 15.7 Å². The lowest BCUT2D eigenvalue weighted by Crippen LogP contribution is -2.14. The quantitative estimate of drug-likeness (QED) is 0.757. The Labute approximate surface area is 125 Å². The Morgan fingerprint density at radius 3 is 2.60 bits per heavy atom. The van der Waals surface area contributed by atoms with Gasteiger partial charge in [-0.1, -0.05) is 36.2 Å². The molecule has 0 unspecified atom stereocenters. The number of rotatable bonds is 2. The molecule has 102 valence electrons. The van der Waals surface area contributed by atoms with E-state index in [1.165, 1.54) is 5.56 Å². The summed E-state index contributed by atoms with van der Waals surface area (Å²) in [7, 11) is 0. The van der Waals surface area contributed by atoms with Crippen molar-refractivity contribution in [1.29, 1.82) is 0 Å². The molecule has 5 heteroatoms. The van der Waals surface area contributed by atoms with Gasteiger partial charge in [-0.3, -0.25) is 4.57 Å². The molecule has 0 atom stereocenters. The summed E-state index contributed by atoms with van der Waals surface area (Å²) < 4.78 is 1.61. The Hall–Kier alpha value is -1.71. The number of nitrogens with one attached hydrogen (secondary N) is 1. The highest BCUT2D eigenvalue weighted by molar-refractivity contribution is 6.42. The zero-order valence-electron chi connectivity index (χ0n) is 10.8. The first-order valence-corrected chi connectivity index (χ1v) is 7.05. The van der Waals surface area contributed by atoms with Gasteiger partial charge >= 0.3 is 5.69 Å². The third-order valence-electron chi connectivity index (χ3n) is 3.32. The Balaban J connectivity index is 2.31. The minimum absolute atomic E-state index is 0.188. The molecule has 0 aliphatic rings. The topological polar surface area (TPSA) is 37.8 Å². The number of nitrogens with zero attached hydrogens (tertiary/aromatic N) is 1. The number of fused-ring (bicyclic) bond motifs is 1. The standard InChI is InChI=1S/C15H12Cl2N2O/c1-2-9-3-6-13-14(7-9)19(15(20)18-13)10-4-5-11(16)12(17)8-10/h3-8H,2H2,1H3,(H,18,20). The van der Waals surface area contributed by atoms with Crippen molar-refractivity contribution in [3.05, 3.63) is 62.5 Å². The number of aromatic nitrogens is 2. The van der Waals surface area contributed by atoms with Gasteiger partial charge in [-0.25, -0.2) is 4.79 Å². The molecule has 0 radical (unpaired) electrons. The molecule has 1 aromatic heterocycles. The molecule has 1 heterocycles. The Morgan fingerprint density at radius 2 is 1.90 bits per heavy atom. The number of hydrogen-bond donors (Lipinski definition) is 1. The van der Waals surface area contributed by atoms with E-state index >= 15 is 0 Å². The summed E-state index contributed by atoms with van der Waals surface area (Å²) in [5.74, 6) is 0. The lowest BCUT2D eigenvalue weighted by molar-refractivity contribution is 1.01. The van der Waals surface area contributed by atoms with Crippen molar-refractivity contribution in [1.82, 2.24) is 9.55 Å². The fraction of sp³-hybridized carbons (Fsp3) is 0.133. The lowest BCUT2D eigenvalue weighted by Gasteiger charge is -2.06. The lowest BCUT2D eigenvalue weighted by atomic mass is 10.1. The molecule has 3 rings (SSSR count). The minimum atomic E-state index is -0.188. The molecule has 3 aromatic rings. The minimum Gasteiger partial charge on any atom is -0.305 e. The Bertz CT molecular complexity index is 849. The first-order chi connectivity index (χ1) is 9.60. The van der Waals surface area contributed by atoms with Crippen molar-refractivity contribution in [2.75, 3.05) is 0 Å². The third-order valence-corrected chi connectivity index (χ3v) is 4.06. The number of halogens is 2. The van der Waals surface area contributed by atoms with Crippen molar-refractivity contribution < 1.29 is 0 Å². The van der Waals surface area contributed by atoms with Crippen LogP contribution in [0.3, 0.4) is 0 Å². The second-order valence-electron chi connectivity index (χ2n) is 4.57. The van der Waals surface area contributed by atoms with Crippen LogP contribution in [-0.4, -0.2) is 9.55 Å². The van der Waals surface area contributed by atoms with Crippen LogP contribution < -0.4 is 5.69 Å². The van der Waals surface area contributed by atoms with E-state index in [1.807, 2.05) is 18.2 Å². The van der Waals surface area contributed by atoms with Gasteiger partial charge in [-0.2, -0.15) is 0 Å². The molecule has 20 heavy (non-hydrogen) atoms. The van der Waals surface area contributed by atoms with E-state index in [4.69, 9.17) is 23.2 Å². The Morgan fingerprint density at radius 1 is 1.10 bits per heavy atom. The molecule has 0 aliphatic carbocycles. The summed E-state index contributed by atoms with van der Waals surface area (Å²) in [4.78, 5) is 15.0. The smallest absolute Gasteiger partial charge is 0.305 e. The van der Waals surface area contributed by atoms with E-state index in [2.05, 4.69) is 11.9 Å². The summed E-state index contributed by atoms with van der Waals surface area (Å²) >= 11 is 12.0. The van der Waals surface area contributed by atoms with Crippen LogP contribution in [0.1, 0.15) is 12.5 Å². The van der Waals surface area contributed by atoms with Gasteiger partial charge in [0.2, 0.25) is 0 Å². The van der Waals surface area contributed by atoms with Gasteiger partial charge in [0, 0.05) is 0 Å². The zero-order valence-corrected chi connectivity index (χ0v) is 12.3. The average Bonchev–Trinajstić information content (AvgIpc) is 2.77. The summed E-state index contributed by atoms with van der Waals surface area (Å²) in [6.07, 6.45) is 0.913. The number of aryl methyl sites for hydroxylation is 1. The molecule has 0 aliphatic heterocycles. The van der Waals surface area contributed by atoms with Crippen LogP contribution in [0, 0.1) is 0 Å². The van der Waals surface area contributed by atoms with E-state index in [1.54, 1.807) is 22.8 Å². The fourth-order valence-electron chi connectivity index (χ4n) is 2.25. The second kappa shape index (κ2) is 5.00. The second-order valence-corrected chi connectivity index (χ2v) is 5.38. The molecule has 0 bridgehead atoms. The van der Waals surface area contributed by atoms with Gasteiger partial charge in [0.25, 0.3) is 0 Å². The van der Waals surface area contributed by atoms with Crippen LogP contribution in [0.2, 0.25) is 10.0 Å². The van der Waals surface area contributed by atoms with Gasteiger partial charge in [-0.05, 0) is 42.3 Å². The maximum absolute atomic E-state index is 12.2. The third kappa shape index (κ3) is 2.13. The summed E-state index contributed by atoms with van der Waals surface area (Å²) in [5, 5.41) is 0.898. The SMILES string of the molecule is CCc1ccc2[nH]c(=O)n(-c3ccc(Cl)c(Cl)c3)c2c1. The normalized spacial score (nSPS) is 11.2. The maximum Gasteiger partial charge on any atom is 0.331 e. The summed E-state index contributed by atoms with van der Waals surface area (Å²) in [6.45, 7) is 2.08. The van der Waals surface area contributed by atoms with Crippen LogP contribution in [-0.2, 0) is 6.42 Å². The molecular weight excluding hydrogens is 295 g/mol. The Kier molecular flexibility index (Phi) is 3.32. The molecule has 0 amide bonds. The van der Waals surface area contributed by atoms with Gasteiger partial charge in [-0.15, -0.1) is 0 Å². The summed E-state index contributed by atoms with van der Waals surface area (Å²) in [5.41, 5.74) is 3.33. The van der Waals surface area contributed by atoms with Gasteiger partial charge < -0.3 is 4.98 Å². The highest BCUT2D eigenvalue weighted by Gasteiger charge is 2.10. The first-order valence-electron chi connectivity index (χ1n) is 6.29. The van der Waals surface area contributed by atoms with Crippen LogP contribution in [0.4, 0.5) is 0 Å². The van der Waals surface area contributed by atoms with Crippen LogP contribution in [0.15, 0.2) is 41.2 Å². The fourth-order valence-corrected chi connectivity index (χ4v) is 2.54.